The van der Waals surface area contributed by atoms with Gasteiger partial charge >= 0.3 is 5.97 Å². The number of nitro groups is 1. The second-order valence-electron chi connectivity index (χ2n) is 5.22. The van der Waals surface area contributed by atoms with Crippen molar-refractivity contribution in [1.29, 1.82) is 0 Å². The van der Waals surface area contributed by atoms with E-state index in [4.69, 9.17) is 4.74 Å². The molecule has 0 amide bonds. The van der Waals surface area contributed by atoms with E-state index in [0.717, 1.165) is 0 Å². The Kier molecular flexibility index (Phi) is 4.59. The quantitative estimate of drug-likeness (QED) is 0.491. The van der Waals surface area contributed by atoms with Gasteiger partial charge in [0.2, 0.25) is 5.56 Å². The van der Waals surface area contributed by atoms with Crippen molar-refractivity contribution in [3.63, 3.8) is 0 Å². The van der Waals surface area contributed by atoms with Crippen LogP contribution in [0.25, 0.3) is 0 Å². The van der Waals surface area contributed by atoms with E-state index in [1.165, 1.54) is 36.0 Å². The van der Waals surface area contributed by atoms with E-state index in [9.17, 15) is 19.7 Å². The van der Waals surface area contributed by atoms with E-state index >= 15 is 0 Å². The van der Waals surface area contributed by atoms with Crippen LogP contribution >= 0.6 is 0 Å². The number of benzene rings is 1. The number of esters is 1. The van der Waals surface area contributed by atoms with Gasteiger partial charge in [-0.15, -0.1) is 0 Å². The summed E-state index contributed by atoms with van der Waals surface area (Å²) >= 11 is 0. The second kappa shape index (κ2) is 6.43. The number of nitrogens with zero attached hydrogens (tertiary/aromatic N) is 2. The molecule has 7 heteroatoms. The van der Waals surface area contributed by atoms with E-state index in [1.807, 2.05) is 0 Å². The third-order valence-corrected chi connectivity index (χ3v) is 3.50. The molecule has 0 N–H and O–H groups in total. The van der Waals surface area contributed by atoms with Gasteiger partial charge < -0.3 is 9.30 Å². The van der Waals surface area contributed by atoms with Crippen molar-refractivity contribution in [3.05, 3.63) is 73.7 Å². The highest BCUT2D eigenvalue weighted by atomic mass is 16.6. The lowest BCUT2D eigenvalue weighted by Gasteiger charge is -2.14. The summed E-state index contributed by atoms with van der Waals surface area (Å²) in [5, 5.41) is 11.0. The molecule has 0 spiro atoms. The van der Waals surface area contributed by atoms with Crippen LogP contribution in [0, 0.1) is 17.0 Å². The minimum atomic E-state index is -0.654. The third kappa shape index (κ3) is 3.63. The smallest absolute Gasteiger partial charge is 0.340 e. The predicted octanol–water partition coefficient (Wildman–Crippen LogP) is 2.52. The van der Waals surface area contributed by atoms with E-state index in [-0.39, 0.29) is 16.8 Å². The Morgan fingerprint density at radius 3 is 2.61 bits per heavy atom. The Hall–Kier alpha value is -2.96. The summed E-state index contributed by atoms with van der Waals surface area (Å²) in [5.74, 6) is -0.601. The molecule has 0 saturated carbocycles. The zero-order valence-corrected chi connectivity index (χ0v) is 13.0. The number of carbonyl (C=O) groups is 1. The number of carbonyl (C=O) groups excluding carboxylic acids is 1. The Morgan fingerprint density at radius 2 is 2.00 bits per heavy atom. The van der Waals surface area contributed by atoms with Crippen LogP contribution in [0.3, 0.4) is 0 Å². The van der Waals surface area contributed by atoms with E-state index in [2.05, 4.69) is 0 Å². The van der Waals surface area contributed by atoms with Gasteiger partial charge in [-0.25, -0.2) is 4.79 Å². The maximum atomic E-state index is 12.1. The standard InChI is InChI=1S/C16H16N2O5/c1-10-4-5-12(8-14(10)18(21)22)11(2)23-16(20)13-6-7-15(19)17(3)9-13/h4-9,11H,1-3H3/t11-/m1/s1. The van der Waals surface area contributed by atoms with Crippen molar-refractivity contribution >= 4 is 11.7 Å². The largest absolute Gasteiger partial charge is 0.454 e. The molecular formula is C16H16N2O5. The van der Waals surface area contributed by atoms with Crippen molar-refractivity contribution in [2.24, 2.45) is 7.05 Å². The van der Waals surface area contributed by atoms with Crippen LogP contribution in [-0.4, -0.2) is 15.5 Å². The Bertz CT molecular complexity index is 825. The molecule has 1 heterocycles. The summed E-state index contributed by atoms with van der Waals surface area (Å²) in [5.41, 5.74) is 1.05. The van der Waals surface area contributed by atoms with Crippen molar-refractivity contribution in [2.45, 2.75) is 20.0 Å². The normalized spacial score (nSPS) is 11.8. The fraction of sp³-hybridized carbons (Fsp3) is 0.250. The number of aryl methyl sites for hydroxylation is 2. The maximum Gasteiger partial charge on any atom is 0.340 e. The fourth-order valence-electron chi connectivity index (χ4n) is 2.09. The fourth-order valence-corrected chi connectivity index (χ4v) is 2.09. The predicted molar refractivity (Wildman–Crippen MR) is 83.3 cm³/mol. The van der Waals surface area contributed by atoms with Gasteiger partial charge in [-0.1, -0.05) is 12.1 Å². The number of hydrogen-bond acceptors (Lipinski definition) is 5. The van der Waals surface area contributed by atoms with Gasteiger partial charge in [-0.05, 0) is 25.5 Å². The minimum absolute atomic E-state index is 0.0208. The first kappa shape index (κ1) is 16.4. The van der Waals surface area contributed by atoms with Crippen LogP contribution < -0.4 is 5.56 Å². The van der Waals surface area contributed by atoms with E-state index in [1.54, 1.807) is 26.0 Å². The average molecular weight is 316 g/mol. The van der Waals surface area contributed by atoms with E-state index < -0.39 is 17.0 Å². The van der Waals surface area contributed by atoms with Gasteiger partial charge in [-0.2, -0.15) is 0 Å². The topological polar surface area (TPSA) is 91.4 Å². The molecule has 1 aromatic heterocycles. The first-order valence-electron chi connectivity index (χ1n) is 6.92. The second-order valence-corrected chi connectivity index (χ2v) is 5.22. The zero-order valence-electron chi connectivity index (χ0n) is 13.0. The lowest BCUT2D eigenvalue weighted by atomic mass is 10.1. The molecule has 1 atom stereocenters. The minimum Gasteiger partial charge on any atom is -0.454 e. The molecule has 0 radical (unpaired) electrons. The average Bonchev–Trinajstić information content (AvgIpc) is 2.49. The molecule has 120 valence electrons. The molecule has 0 aliphatic heterocycles. The first-order chi connectivity index (χ1) is 10.8. The monoisotopic (exact) mass is 316 g/mol. The molecule has 0 aliphatic carbocycles. The Labute approximate surface area is 132 Å². The number of aromatic nitrogens is 1. The van der Waals surface area contributed by atoms with Crippen molar-refractivity contribution in [3.8, 4) is 0 Å². The number of ether oxygens (including phenoxy) is 1. The molecule has 2 rings (SSSR count). The van der Waals surface area contributed by atoms with Crippen LogP contribution in [0.2, 0.25) is 0 Å². The molecule has 0 bridgehead atoms. The number of hydrogen-bond donors (Lipinski definition) is 0. The first-order valence-corrected chi connectivity index (χ1v) is 6.92. The van der Waals surface area contributed by atoms with Gasteiger partial charge in [0.15, 0.2) is 0 Å². The number of rotatable bonds is 4. The molecule has 7 nitrogen and oxygen atoms in total. The van der Waals surface area contributed by atoms with Gasteiger partial charge in [0.05, 0.1) is 10.5 Å². The summed E-state index contributed by atoms with van der Waals surface area (Å²) in [6, 6.07) is 7.35. The van der Waals surface area contributed by atoms with Crippen LogP contribution in [0.4, 0.5) is 5.69 Å². The molecule has 1 aromatic carbocycles. The summed E-state index contributed by atoms with van der Waals surface area (Å²) < 4.78 is 6.59. The van der Waals surface area contributed by atoms with Crippen LogP contribution in [0.15, 0.2) is 41.3 Å². The molecule has 2 aromatic rings. The van der Waals surface area contributed by atoms with Crippen LogP contribution in [0.5, 0.6) is 0 Å². The van der Waals surface area contributed by atoms with Crippen LogP contribution in [0.1, 0.15) is 34.5 Å². The highest BCUT2D eigenvalue weighted by molar-refractivity contribution is 5.89. The third-order valence-electron chi connectivity index (χ3n) is 3.50. The summed E-state index contributed by atoms with van der Waals surface area (Å²) in [4.78, 5) is 33.9. The highest BCUT2D eigenvalue weighted by Gasteiger charge is 2.18. The molecule has 23 heavy (non-hydrogen) atoms. The Balaban J connectivity index is 2.21. The molecule has 0 unspecified atom stereocenters. The highest BCUT2D eigenvalue weighted by Crippen LogP contribution is 2.25. The Morgan fingerprint density at radius 1 is 1.30 bits per heavy atom. The van der Waals surface area contributed by atoms with Crippen LogP contribution in [-0.2, 0) is 11.8 Å². The maximum absolute atomic E-state index is 12.1. The molecule has 0 fully saturated rings. The van der Waals surface area contributed by atoms with E-state index in [0.29, 0.717) is 11.1 Å². The summed E-state index contributed by atoms with van der Waals surface area (Å²) in [7, 11) is 1.53. The SMILES string of the molecule is Cc1ccc([C@@H](C)OC(=O)c2ccc(=O)n(C)c2)cc1[N+](=O)[O-]. The molecular weight excluding hydrogens is 300 g/mol. The van der Waals surface area contributed by atoms with Crippen molar-refractivity contribution in [2.75, 3.05) is 0 Å². The van der Waals surface area contributed by atoms with Gasteiger partial charge in [0.1, 0.15) is 6.10 Å². The lowest BCUT2D eigenvalue weighted by molar-refractivity contribution is -0.385. The van der Waals surface area contributed by atoms with Gasteiger partial charge in [0.25, 0.3) is 5.69 Å². The van der Waals surface area contributed by atoms with Crippen molar-refractivity contribution < 1.29 is 14.5 Å². The molecule has 0 saturated heterocycles. The van der Waals surface area contributed by atoms with Gasteiger partial charge in [-0.3, -0.25) is 14.9 Å². The number of pyridine rings is 1. The zero-order chi connectivity index (χ0) is 17.1. The molecule has 0 aliphatic rings. The van der Waals surface area contributed by atoms with Gasteiger partial charge in [0, 0.05) is 30.9 Å². The lowest BCUT2D eigenvalue weighted by Crippen LogP contribution is -2.18. The van der Waals surface area contributed by atoms with Crippen molar-refractivity contribution in [1.82, 2.24) is 4.57 Å². The summed E-state index contributed by atoms with van der Waals surface area (Å²) in [6.07, 6.45) is 0.730. The summed E-state index contributed by atoms with van der Waals surface area (Å²) in [6.45, 7) is 3.28. The number of nitro benzene ring substituents is 1.